The Bertz CT molecular complexity index is 1380. The van der Waals surface area contributed by atoms with Crippen LogP contribution < -0.4 is 14.2 Å². The Morgan fingerprint density at radius 3 is 2.49 bits per heavy atom. The van der Waals surface area contributed by atoms with Crippen LogP contribution in [0.15, 0.2) is 66.7 Å². The fourth-order valence-corrected chi connectivity index (χ4v) is 5.88. The molecule has 0 aliphatic carbocycles. The molecule has 3 aliphatic rings. The van der Waals surface area contributed by atoms with Crippen LogP contribution >= 0.6 is 11.6 Å². The molecule has 0 saturated carbocycles. The molecule has 7 nitrogen and oxygen atoms in total. The summed E-state index contributed by atoms with van der Waals surface area (Å²) in [7, 11) is 0. The van der Waals surface area contributed by atoms with Gasteiger partial charge in [0.25, 0.3) is 5.91 Å². The smallest absolute Gasteiger partial charge is 0.253 e. The van der Waals surface area contributed by atoms with Gasteiger partial charge in [-0.15, -0.1) is 0 Å². The Hall–Kier alpha value is -3.71. The second-order valence-electron chi connectivity index (χ2n) is 10.6. The first-order valence-electron chi connectivity index (χ1n) is 13.4. The first-order chi connectivity index (χ1) is 19.0. The second-order valence-corrected chi connectivity index (χ2v) is 11.1. The quantitative estimate of drug-likeness (QED) is 0.417. The van der Waals surface area contributed by atoms with Crippen molar-refractivity contribution in [3.05, 3.63) is 88.4 Å². The number of ether oxygens (including phenoxy) is 3. The van der Waals surface area contributed by atoms with E-state index in [-0.39, 0.29) is 24.0 Å². The predicted octanol–water partition coefficient (Wildman–Crippen LogP) is 5.35. The SMILES string of the molecule is O=C(CC1(COc2cccc(Cl)c2)CCN(C(=O)c2ccc3c(c2)OCO3)CC1)N1CCc2ccccc2C1. The maximum absolute atomic E-state index is 13.6. The Balaban J connectivity index is 1.16. The number of likely N-dealkylation sites (tertiary alicyclic amines) is 1. The van der Waals surface area contributed by atoms with Gasteiger partial charge < -0.3 is 24.0 Å². The Labute approximate surface area is 233 Å². The molecule has 1 fully saturated rings. The topological polar surface area (TPSA) is 68.3 Å². The summed E-state index contributed by atoms with van der Waals surface area (Å²) in [4.78, 5) is 30.8. The van der Waals surface area contributed by atoms with E-state index >= 15 is 0 Å². The highest BCUT2D eigenvalue weighted by molar-refractivity contribution is 6.30. The van der Waals surface area contributed by atoms with Crippen LogP contribution in [0.25, 0.3) is 0 Å². The van der Waals surface area contributed by atoms with Crippen molar-refractivity contribution in [2.75, 3.05) is 33.0 Å². The standard InChI is InChI=1S/C31H31ClN2O5/c32-25-6-3-7-26(17-25)37-20-31(18-29(35)34-13-10-22-4-1-2-5-24(22)19-34)11-14-33(15-12-31)30(36)23-8-9-27-28(16-23)39-21-38-27/h1-9,16-17H,10-15,18-21H2. The van der Waals surface area contributed by atoms with Crippen LogP contribution in [0.2, 0.25) is 5.02 Å². The summed E-state index contributed by atoms with van der Waals surface area (Å²) in [6.07, 6.45) is 2.58. The number of rotatable bonds is 6. The van der Waals surface area contributed by atoms with E-state index in [1.807, 2.05) is 34.1 Å². The highest BCUT2D eigenvalue weighted by atomic mass is 35.5. The van der Waals surface area contributed by atoms with Crippen LogP contribution in [0.1, 0.15) is 40.7 Å². The molecule has 3 heterocycles. The highest BCUT2D eigenvalue weighted by Crippen LogP contribution is 2.39. The molecule has 1 saturated heterocycles. The van der Waals surface area contributed by atoms with Crippen molar-refractivity contribution in [1.82, 2.24) is 9.80 Å². The molecule has 0 unspecified atom stereocenters. The minimum absolute atomic E-state index is 0.0448. The Kier molecular flexibility index (Phi) is 7.09. The summed E-state index contributed by atoms with van der Waals surface area (Å²) >= 11 is 6.17. The maximum atomic E-state index is 13.6. The number of hydrogen-bond acceptors (Lipinski definition) is 5. The number of hydrogen-bond donors (Lipinski definition) is 0. The van der Waals surface area contributed by atoms with E-state index in [9.17, 15) is 9.59 Å². The second kappa shape index (κ2) is 10.8. The number of amides is 2. The molecule has 0 atom stereocenters. The van der Waals surface area contributed by atoms with E-state index in [2.05, 4.69) is 18.2 Å². The molecule has 6 rings (SSSR count). The zero-order chi connectivity index (χ0) is 26.8. The van der Waals surface area contributed by atoms with E-state index in [1.165, 1.54) is 11.1 Å². The van der Waals surface area contributed by atoms with E-state index < -0.39 is 0 Å². The monoisotopic (exact) mass is 546 g/mol. The molecule has 3 aliphatic heterocycles. The number of carbonyl (C=O) groups excluding carboxylic acids is 2. The van der Waals surface area contributed by atoms with Gasteiger partial charge in [0, 0.05) is 48.6 Å². The zero-order valence-corrected chi connectivity index (χ0v) is 22.5. The largest absolute Gasteiger partial charge is 0.493 e. The van der Waals surface area contributed by atoms with Crippen molar-refractivity contribution in [2.24, 2.45) is 5.41 Å². The highest BCUT2D eigenvalue weighted by Gasteiger charge is 2.40. The van der Waals surface area contributed by atoms with E-state index in [1.54, 1.807) is 24.3 Å². The zero-order valence-electron chi connectivity index (χ0n) is 21.7. The third-order valence-corrected chi connectivity index (χ3v) is 8.32. The molecular weight excluding hydrogens is 516 g/mol. The maximum Gasteiger partial charge on any atom is 0.253 e. The van der Waals surface area contributed by atoms with Gasteiger partial charge in [0.1, 0.15) is 5.75 Å². The molecule has 0 bridgehead atoms. The predicted molar refractivity (Wildman–Crippen MR) is 147 cm³/mol. The lowest BCUT2D eigenvalue weighted by Crippen LogP contribution is -2.48. The van der Waals surface area contributed by atoms with Gasteiger partial charge in [-0.05, 0) is 66.8 Å². The molecule has 0 N–H and O–H groups in total. The Morgan fingerprint density at radius 1 is 0.872 bits per heavy atom. The lowest BCUT2D eigenvalue weighted by molar-refractivity contribution is -0.136. The van der Waals surface area contributed by atoms with E-state index in [0.717, 1.165) is 13.0 Å². The van der Waals surface area contributed by atoms with Crippen molar-refractivity contribution in [2.45, 2.75) is 32.2 Å². The van der Waals surface area contributed by atoms with Crippen molar-refractivity contribution < 1.29 is 23.8 Å². The van der Waals surface area contributed by atoms with Gasteiger partial charge in [0.2, 0.25) is 12.7 Å². The van der Waals surface area contributed by atoms with Crippen LogP contribution in [0.3, 0.4) is 0 Å². The van der Waals surface area contributed by atoms with Crippen molar-refractivity contribution in [1.29, 1.82) is 0 Å². The van der Waals surface area contributed by atoms with E-state index in [0.29, 0.717) is 73.3 Å². The number of halogens is 1. The fourth-order valence-electron chi connectivity index (χ4n) is 5.70. The molecule has 3 aromatic carbocycles. The molecule has 3 aromatic rings. The average Bonchev–Trinajstić information content (AvgIpc) is 3.44. The normalized spacial score (nSPS) is 17.5. The molecule has 0 radical (unpaired) electrons. The van der Waals surface area contributed by atoms with Gasteiger partial charge in [0.15, 0.2) is 11.5 Å². The van der Waals surface area contributed by atoms with Gasteiger partial charge in [-0.25, -0.2) is 0 Å². The summed E-state index contributed by atoms with van der Waals surface area (Å²) in [5.41, 5.74) is 2.72. The number of carbonyl (C=O) groups is 2. The number of fused-ring (bicyclic) bond motifs is 2. The fraction of sp³-hybridized carbons (Fsp3) is 0.355. The third kappa shape index (κ3) is 5.55. The first-order valence-corrected chi connectivity index (χ1v) is 13.8. The van der Waals surface area contributed by atoms with E-state index in [4.69, 9.17) is 25.8 Å². The summed E-state index contributed by atoms with van der Waals surface area (Å²) < 4.78 is 17.0. The minimum Gasteiger partial charge on any atom is -0.493 e. The summed E-state index contributed by atoms with van der Waals surface area (Å²) in [5.74, 6) is 2.02. The van der Waals surface area contributed by atoms with Crippen molar-refractivity contribution in [3.8, 4) is 17.2 Å². The lowest BCUT2D eigenvalue weighted by Gasteiger charge is -2.42. The lowest BCUT2D eigenvalue weighted by atomic mass is 9.75. The van der Waals surface area contributed by atoms with Crippen LogP contribution in [0.4, 0.5) is 0 Å². The molecule has 8 heteroatoms. The van der Waals surface area contributed by atoms with Gasteiger partial charge >= 0.3 is 0 Å². The summed E-state index contributed by atoms with van der Waals surface area (Å²) in [6.45, 7) is 2.99. The minimum atomic E-state index is -0.387. The van der Waals surface area contributed by atoms with Gasteiger partial charge in [-0.2, -0.15) is 0 Å². The average molecular weight is 547 g/mol. The molecular formula is C31H31ClN2O5. The number of nitrogens with zero attached hydrogens (tertiary/aromatic N) is 2. The number of piperidine rings is 1. The third-order valence-electron chi connectivity index (χ3n) is 8.08. The van der Waals surface area contributed by atoms with Gasteiger partial charge in [-0.1, -0.05) is 41.9 Å². The first kappa shape index (κ1) is 25.6. The van der Waals surface area contributed by atoms with Gasteiger partial charge in [0.05, 0.1) is 6.61 Å². The molecule has 0 spiro atoms. The van der Waals surface area contributed by atoms with Crippen LogP contribution in [-0.2, 0) is 17.8 Å². The summed E-state index contributed by atoms with van der Waals surface area (Å²) in [6, 6.07) is 20.9. The molecule has 2 amide bonds. The molecule has 0 aromatic heterocycles. The summed E-state index contributed by atoms with van der Waals surface area (Å²) in [5, 5.41) is 0.605. The van der Waals surface area contributed by atoms with Crippen molar-refractivity contribution >= 4 is 23.4 Å². The van der Waals surface area contributed by atoms with Crippen LogP contribution in [0, 0.1) is 5.41 Å². The molecule has 202 valence electrons. The molecule has 39 heavy (non-hydrogen) atoms. The Morgan fingerprint density at radius 2 is 1.67 bits per heavy atom. The van der Waals surface area contributed by atoms with Gasteiger partial charge in [-0.3, -0.25) is 9.59 Å². The van der Waals surface area contributed by atoms with Crippen LogP contribution in [-0.4, -0.2) is 54.6 Å². The number of benzene rings is 3. The van der Waals surface area contributed by atoms with Crippen LogP contribution in [0.5, 0.6) is 17.2 Å². The van der Waals surface area contributed by atoms with Crippen molar-refractivity contribution in [3.63, 3.8) is 0 Å².